The molecule has 3 N–H and O–H groups in total. The Morgan fingerprint density at radius 2 is 2.29 bits per heavy atom. The van der Waals surface area contributed by atoms with Gasteiger partial charge in [0, 0.05) is 11.6 Å². The predicted octanol–water partition coefficient (Wildman–Crippen LogP) is 1.29. The Kier molecular flexibility index (Phi) is 2.24. The number of nitrogens with two attached hydrogens (primary N) is 1. The van der Waals surface area contributed by atoms with Crippen molar-refractivity contribution >= 4 is 33.9 Å². The van der Waals surface area contributed by atoms with Crippen LogP contribution in [0.5, 0.6) is 0 Å². The fourth-order valence-electron chi connectivity index (χ4n) is 1.25. The zero-order valence-electron chi connectivity index (χ0n) is 7.27. The van der Waals surface area contributed by atoms with Crippen LogP contribution >= 0.6 is 12.2 Å². The average Bonchev–Trinajstić information content (AvgIpc) is 2.18. The van der Waals surface area contributed by atoms with Crippen molar-refractivity contribution in [1.82, 2.24) is 9.97 Å². The van der Waals surface area contributed by atoms with Crippen LogP contribution in [0.2, 0.25) is 0 Å². The molecule has 0 aliphatic carbocycles. The molecule has 0 bridgehead atoms. The van der Waals surface area contributed by atoms with E-state index in [0.29, 0.717) is 0 Å². The van der Waals surface area contributed by atoms with E-state index < -0.39 is 0 Å². The Morgan fingerprint density at radius 1 is 1.43 bits per heavy atom. The standard InChI is InChI=1S/C9H8N4S/c10-9(14)13-8-3-1-2-7-6(8)4-11-5-12-7/h1-5H,(H3,10,13,14). The summed E-state index contributed by atoms with van der Waals surface area (Å²) in [6, 6.07) is 5.67. The van der Waals surface area contributed by atoms with E-state index in [4.69, 9.17) is 18.0 Å². The van der Waals surface area contributed by atoms with E-state index in [2.05, 4.69) is 15.3 Å². The third-order valence-electron chi connectivity index (χ3n) is 1.81. The highest BCUT2D eigenvalue weighted by molar-refractivity contribution is 7.80. The topological polar surface area (TPSA) is 63.8 Å². The normalized spacial score (nSPS) is 10.0. The maximum Gasteiger partial charge on any atom is 0.168 e. The Bertz CT molecular complexity index is 478. The van der Waals surface area contributed by atoms with E-state index >= 15 is 0 Å². The molecule has 0 amide bonds. The second-order valence-electron chi connectivity index (χ2n) is 2.75. The van der Waals surface area contributed by atoms with E-state index in [1.807, 2.05) is 18.2 Å². The first-order valence-electron chi connectivity index (χ1n) is 4.02. The quantitative estimate of drug-likeness (QED) is 0.685. The summed E-state index contributed by atoms with van der Waals surface area (Å²) < 4.78 is 0. The van der Waals surface area contributed by atoms with E-state index in [1.165, 1.54) is 6.33 Å². The second kappa shape index (κ2) is 3.55. The van der Waals surface area contributed by atoms with E-state index in [1.54, 1.807) is 6.20 Å². The first kappa shape index (κ1) is 8.83. The van der Waals surface area contributed by atoms with Crippen LogP contribution in [0, 0.1) is 0 Å². The fraction of sp³-hybridized carbons (Fsp3) is 0. The molecule has 0 fully saturated rings. The molecule has 0 saturated carbocycles. The lowest BCUT2D eigenvalue weighted by molar-refractivity contribution is 1.22. The summed E-state index contributed by atoms with van der Waals surface area (Å²) in [5.41, 5.74) is 7.09. The van der Waals surface area contributed by atoms with Gasteiger partial charge >= 0.3 is 0 Å². The van der Waals surface area contributed by atoms with Crippen molar-refractivity contribution < 1.29 is 0 Å². The number of anilines is 1. The van der Waals surface area contributed by atoms with E-state index in [0.717, 1.165) is 16.6 Å². The monoisotopic (exact) mass is 204 g/mol. The minimum atomic E-state index is 0.237. The molecule has 0 atom stereocenters. The van der Waals surface area contributed by atoms with E-state index in [-0.39, 0.29) is 5.11 Å². The SMILES string of the molecule is NC(=S)Nc1cccc2ncncc12. The van der Waals surface area contributed by atoms with Crippen LogP contribution < -0.4 is 11.1 Å². The molecule has 1 aromatic heterocycles. The first-order valence-corrected chi connectivity index (χ1v) is 4.43. The van der Waals surface area contributed by atoms with Crippen molar-refractivity contribution in [2.24, 2.45) is 5.73 Å². The molecule has 2 rings (SSSR count). The maximum absolute atomic E-state index is 5.40. The van der Waals surface area contributed by atoms with Gasteiger partial charge in [0.15, 0.2) is 5.11 Å². The number of hydrogen-bond donors (Lipinski definition) is 2. The Balaban J connectivity index is 2.59. The Labute approximate surface area is 86.2 Å². The summed E-state index contributed by atoms with van der Waals surface area (Å²) in [5.74, 6) is 0. The van der Waals surface area contributed by atoms with Crippen LogP contribution in [-0.2, 0) is 0 Å². The highest BCUT2D eigenvalue weighted by atomic mass is 32.1. The van der Waals surface area contributed by atoms with E-state index in [9.17, 15) is 0 Å². The van der Waals surface area contributed by atoms with Gasteiger partial charge in [-0.1, -0.05) is 6.07 Å². The number of aromatic nitrogens is 2. The largest absolute Gasteiger partial charge is 0.376 e. The van der Waals surface area contributed by atoms with Crippen LogP contribution in [0.1, 0.15) is 0 Å². The van der Waals surface area contributed by atoms with Crippen molar-refractivity contribution in [1.29, 1.82) is 0 Å². The van der Waals surface area contributed by atoms with Gasteiger partial charge in [-0.15, -0.1) is 0 Å². The van der Waals surface area contributed by atoms with Gasteiger partial charge in [0.25, 0.3) is 0 Å². The maximum atomic E-state index is 5.40. The molecule has 1 aromatic carbocycles. The molecular weight excluding hydrogens is 196 g/mol. The lowest BCUT2D eigenvalue weighted by Gasteiger charge is -2.06. The number of benzene rings is 1. The summed E-state index contributed by atoms with van der Waals surface area (Å²) in [6.07, 6.45) is 3.23. The summed E-state index contributed by atoms with van der Waals surface area (Å²) in [6.45, 7) is 0. The Hall–Kier alpha value is -1.75. The average molecular weight is 204 g/mol. The van der Waals surface area contributed by atoms with Gasteiger partial charge in [0.05, 0.1) is 11.2 Å². The minimum Gasteiger partial charge on any atom is -0.376 e. The van der Waals surface area contributed by atoms with Crippen molar-refractivity contribution in [2.75, 3.05) is 5.32 Å². The summed E-state index contributed by atoms with van der Waals surface area (Å²) >= 11 is 4.77. The molecule has 1 heterocycles. The zero-order valence-corrected chi connectivity index (χ0v) is 8.08. The second-order valence-corrected chi connectivity index (χ2v) is 3.19. The van der Waals surface area contributed by atoms with Crippen LogP contribution in [0.15, 0.2) is 30.7 Å². The number of fused-ring (bicyclic) bond motifs is 1. The highest BCUT2D eigenvalue weighted by Gasteiger charge is 2.00. The number of rotatable bonds is 1. The van der Waals surface area contributed by atoms with Crippen molar-refractivity contribution in [2.45, 2.75) is 0 Å². The van der Waals surface area contributed by atoms with Gasteiger partial charge in [0.1, 0.15) is 6.33 Å². The van der Waals surface area contributed by atoms with Gasteiger partial charge in [-0.25, -0.2) is 9.97 Å². The predicted molar refractivity (Wildman–Crippen MR) is 59.9 cm³/mol. The zero-order chi connectivity index (χ0) is 9.97. The minimum absolute atomic E-state index is 0.237. The fourth-order valence-corrected chi connectivity index (χ4v) is 1.36. The lowest BCUT2D eigenvalue weighted by Crippen LogP contribution is -2.19. The molecule has 0 saturated heterocycles. The number of thiocarbonyl (C=S) groups is 1. The molecule has 0 unspecified atom stereocenters. The van der Waals surface area contributed by atoms with Gasteiger partial charge in [0.2, 0.25) is 0 Å². The summed E-state index contributed by atoms with van der Waals surface area (Å²) in [4.78, 5) is 8.06. The van der Waals surface area contributed by atoms with Crippen LogP contribution in [0.3, 0.4) is 0 Å². The highest BCUT2D eigenvalue weighted by Crippen LogP contribution is 2.19. The van der Waals surface area contributed by atoms with Crippen molar-refractivity contribution in [3.05, 3.63) is 30.7 Å². The van der Waals surface area contributed by atoms with Gasteiger partial charge in [-0.05, 0) is 24.4 Å². The molecule has 2 aromatic rings. The number of nitrogens with zero attached hydrogens (tertiary/aromatic N) is 2. The van der Waals surface area contributed by atoms with Crippen molar-refractivity contribution in [3.63, 3.8) is 0 Å². The van der Waals surface area contributed by atoms with Gasteiger partial charge in [-0.2, -0.15) is 0 Å². The molecule has 5 heteroatoms. The number of hydrogen-bond acceptors (Lipinski definition) is 3. The van der Waals surface area contributed by atoms with Crippen molar-refractivity contribution in [3.8, 4) is 0 Å². The van der Waals surface area contributed by atoms with Gasteiger partial charge < -0.3 is 11.1 Å². The third-order valence-corrected chi connectivity index (χ3v) is 1.91. The molecule has 14 heavy (non-hydrogen) atoms. The summed E-state index contributed by atoms with van der Waals surface area (Å²) in [5, 5.41) is 4.02. The molecule has 0 aliphatic heterocycles. The molecule has 0 radical (unpaired) electrons. The molecule has 70 valence electrons. The van der Waals surface area contributed by atoms with Gasteiger partial charge in [-0.3, -0.25) is 0 Å². The van der Waals surface area contributed by atoms with Crippen LogP contribution in [-0.4, -0.2) is 15.1 Å². The first-order chi connectivity index (χ1) is 6.77. The smallest absolute Gasteiger partial charge is 0.168 e. The summed E-state index contributed by atoms with van der Waals surface area (Å²) in [7, 11) is 0. The number of nitrogens with one attached hydrogen (secondary N) is 1. The Morgan fingerprint density at radius 3 is 3.07 bits per heavy atom. The lowest BCUT2D eigenvalue weighted by atomic mass is 10.2. The molecular formula is C9H8N4S. The third kappa shape index (κ3) is 1.62. The molecule has 4 nitrogen and oxygen atoms in total. The molecule has 0 spiro atoms. The van der Waals surface area contributed by atoms with Crippen LogP contribution in [0.4, 0.5) is 5.69 Å². The molecule has 0 aliphatic rings. The van der Waals surface area contributed by atoms with Crippen LogP contribution in [0.25, 0.3) is 10.9 Å².